The van der Waals surface area contributed by atoms with Gasteiger partial charge in [-0.1, -0.05) is 18.9 Å². The summed E-state index contributed by atoms with van der Waals surface area (Å²) in [5.41, 5.74) is 2.35. The summed E-state index contributed by atoms with van der Waals surface area (Å²) < 4.78 is 32.5. The third kappa shape index (κ3) is 2.25. The highest BCUT2D eigenvalue weighted by atomic mass is 32.2. The monoisotopic (exact) mass is 322 g/mol. The van der Waals surface area contributed by atoms with Crippen LogP contribution in [-0.4, -0.2) is 43.2 Å². The number of nitrogens with zero attached hydrogens (tertiary/aromatic N) is 2. The van der Waals surface area contributed by atoms with Gasteiger partial charge in [-0.05, 0) is 36.1 Å². The zero-order valence-electron chi connectivity index (χ0n) is 12.9. The minimum atomic E-state index is -3.16. The Hall–Kier alpha value is -1.11. The van der Waals surface area contributed by atoms with E-state index in [0.717, 1.165) is 43.5 Å². The molecule has 0 bridgehead atoms. The molecule has 1 unspecified atom stereocenters. The molecule has 1 atom stereocenters. The first-order valence-corrected chi connectivity index (χ1v) is 9.60. The number of hydrogen-bond acceptors (Lipinski definition) is 4. The van der Waals surface area contributed by atoms with Crippen molar-refractivity contribution in [1.29, 1.82) is 0 Å². The summed E-state index contributed by atoms with van der Waals surface area (Å²) in [5, 5.41) is 0. The van der Waals surface area contributed by atoms with Gasteiger partial charge in [-0.2, -0.15) is 4.31 Å². The van der Waals surface area contributed by atoms with E-state index in [4.69, 9.17) is 4.74 Å². The molecule has 0 aromatic heterocycles. The lowest BCUT2D eigenvalue weighted by Gasteiger charge is -2.40. The molecule has 0 amide bonds. The van der Waals surface area contributed by atoms with Crippen molar-refractivity contribution in [3.8, 4) is 5.75 Å². The molecule has 6 heteroatoms. The summed E-state index contributed by atoms with van der Waals surface area (Å²) in [4.78, 5) is 2.30. The van der Waals surface area contributed by atoms with Crippen molar-refractivity contribution in [2.24, 2.45) is 0 Å². The van der Waals surface area contributed by atoms with Gasteiger partial charge >= 0.3 is 0 Å². The highest BCUT2D eigenvalue weighted by Crippen LogP contribution is 2.41. The fraction of sp³-hybridized carbons (Fsp3) is 0.625. The highest BCUT2D eigenvalue weighted by Gasteiger charge is 2.44. The van der Waals surface area contributed by atoms with Gasteiger partial charge in [0, 0.05) is 12.6 Å². The molecule has 2 aliphatic heterocycles. The van der Waals surface area contributed by atoms with Gasteiger partial charge < -0.3 is 4.74 Å². The lowest BCUT2D eigenvalue weighted by atomic mass is 10.1. The Labute approximate surface area is 131 Å². The van der Waals surface area contributed by atoms with Gasteiger partial charge in [0.15, 0.2) is 0 Å². The normalized spacial score (nSPS) is 28.5. The van der Waals surface area contributed by atoms with Crippen LogP contribution in [0.1, 0.15) is 42.9 Å². The maximum atomic E-state index is 12.7. The van der Waals surface area contributed by atoms with Crippen LogP contribution in [0.15, 0.2) is 18.2 Å². The van der Waals surface area contributed by atoms with E-state index in [9.17, 15) is 8.42 Å². The molecule has 5 nitrogen and oxygen atoms in total. The molecule has 4 rings (SSSR count). The van der Waals surface area contributed by atoms with Gasteiger partial charge in [-0.15, -0.1) is 0 Å². The van der Waals surface area contributed by atoms with E-state index in [2.05, 4.69) is 4.90 Å². The molecular weight excluding hydrogens is 300 g/mol. The Morgan fingerprint density at radius 3 is 2.73 bits per heavy atom. The first-order chi connectivity index (χ1) is 10.6. The lowest BCUT2D eigenvalue weighted by molar-refractivity contribution is 0.118. The van der Waals surface area contributed by atoms with Crippen molar-refractivity contribution in [3.05, 3.63) is 29.3 Å². The molecule has 2 fully saturated rings. The number of sulfonamides is 1. The second kappa shape index (κ2) is 5.22. The third-order valence-electron chi connectivity index (χ3n) is 5.30. The molecule has 22 heavy (non-hydrogen) atoms. The smallest absolute Gasteiger partial charge is 0.217 e. The summed E-state index contributed by atoms with van der Waals surface area (Å²) in [6.45, 7) is 1.35. The lowest BCUT2D eigenvalue weighted by Crippen LogP contribution is -2.52. The van der Waals surface area contributed by atoms with E-state index in [1.54, 1.807) is 11.4 Å². The molecule has 1 aromatic rings. The molecule has 3 aliphatic rings. The highest BCUT2D eigenvalue weighted by molar-refractivity contribution is 7.89. The van der Waals surface area contributed by atoms with Crippen LogP contribution < -0.4 is 4.74 Å². The molecule has 1 aromatic carbocycles. The number of benzene rings is 1. The van der Waals surface area contributed by atoms with Crippen molar-refractivity contribution < 1.29 is 13.2 Å². The molecule has 0 N–H and O–H groups in total. The number of rotatable bonds is 2. The van der Waals surface area contributed by atoms with Crippen LogP contribution in [0.2, 0.25) is 0 Å². The van der Waals surface area contributed by atoms with Crippen molar-refractivity contribution >= 4 is 10.0 Å². The van der Waals surface area contributed by atoms with Crippen molar-refractivity contribution in [3.63, 3.8) is 0 Å². The molecule has 0 spiro atoms. The largest absolute Gasteiger partial charge is 0.497 e. The zero-order chi connectivity index (χ0) is 15.3. The topological polar surface area (TPSA) is 49.9 Å². The van der Waals surface area contributed by atoms with Crippen molar-refractivity contribution in [2.45, 2.75) is 44.3 Å². The van der Waals surface area contributed by atoms with Gasteiger partial charge in [0.25, 0.3) is 0 Å². The van der Waals surface area contributed by atoms with Gasteiger partial charge in [-0.25, -0.2) is 8.42 Å². The minimum absolute atomic E-state index is 0.00330. The molecule has 2 heterocycles. The number of hydrogen-bond donors (Lipinski definition) is 0. The zero-order valence-corrected chi connectivity index (χ0v) is 13.7. The molecule has 1 saturated heterocycles. The quantitative estimate of drug-likeness (QED) is 0.837. The fourth-order valence-corrected chi connectivity index (χ4v) is 6.11. The Morgan fingerprint density at radius 1 is 1.23 bits per heavy atom. The van der Waals surface area contributed by atoms with Gasteiger partial charge in [0.05, 0.1) is 25.6 Å². The van der Waals surface area contributed by atoms with Crippen molar-refractivity contribution in [1.82, 2.24) is 9.21 Å². The van der Waals surface area contributed by atoms with Gasteiger partial charge in [0.2, 0.25) is 10.0 Å². The molecule has 0 radical (unpaired) electrons. The molecule has 1 aliphatic carbocycles. The summed E-state index contributed by atoms with van der Waals surface area (Å²) in [5.74, 6) is 1.05. The van der Waals surface area contributed by atoms with Crippen LogP contribution in [0.4, 0.5) is 0 Å². The average molecular weight is 322 g/mol. The van der Waals surface area contributed by atoms with Crippen LogP contribution in [0.5, 0.6) is 5.75 Å². The van der Waals surface area contributed by atoms with E-state index in [1.165, 1.54) is 5.56 Å². The summed E-state index contributed by atoms with van der Waals surface area (Å²) in [6.07, 6.45) is 4.33. The molecule has 1 saturated carbocycles. The van der Waals surface area contributed by atoms with E-state index in [-0.39, 0.29) is 17.8 Å². The average Bonchev–Trinajstić information content (AvgIpc) is 3.12. The van der Waals surface area contributed by atoms with Crippen LogP contribution in [0, 0.1) is 0 Å². The summed E-state index contributed by atoms with van der Waals surface area (Å²) in [7, 11) is -1.50. The van der Waals surface area contributed by atoms with E-state index < -0.39 is 10.0 Å². The number of ether oxygens (including phenoxy) is 1. The Balaban J connectivity index is 1.64. The second-order valence-electron chi connectivity index (χ2n) is 6.57. The fourth-order valence-electron chi connectivity index (χ4n) is 4.14. The predicted molar refractivity (Wildman–Crippen MR) is 84.0 cm³/mol. The van der Waals surface area contributed by atoms with Gasteiger partial charge in [-0.3, -0.25) is 4.90 Å². The predicted octanol–water partition coefficient (Wildman–Crippen LogP) is 2.10. The van der Waals surface area contributed by atoms with Crippen LogP contribution in [0.3, 0.4) is 0 Å². The molecule has 120 valence electrons. The summed E-state index contributed by atoms with van der Waals surface area (Å²) >= 11 is 0. The molecular formula is C16H22N2O3S. The Bertz CT molecular complexity index is 683. The first-order valence-electron chi connectivity index (χ1n) is 7.99. The van der Waals surface area contributed by atoms with E-state index in [0.29, 0.717) is 6.67 Å². The van der Waals surface area contributed by atoms with Crippen LogP contribution in [-0.2, 0) is 16.6 Å². The Morgan fingerprint density at radius 2 is 2.00 bits per heavy atom. The van der Waals surface area contributed by atoms with Gasteiger partial charge in [0.1, 0.15) is 5.75 Å². The SMILES string of the molecule is COc1ccc2c(c1)CN1CN(C3CCCC3)S(=O)(=O)CC21. The van der Waals surface area contributed by atoms with E-state index in [1.807, 2.05) is 18.2 Å². The third-order valence-corrected chi connectivity index (χ3v) is 7.17. The number of fused-ring (bicyclic) bond motifs is 3. The maximum Gasteiger partial charge on any atom is 0.217 e. The standard InChI is InChI=1S/C16H22N2O3S/c1-21-14-6-7-15-12(8-14)9-17-11-18(13-4-2-3-5-13)22(19,20)10-16(15)17/h6-8,13,16H,2-5,9-11H2,1H3. The minimum Gasteiger partial charge on any atom is -0.497 e. The number of methoxy groups -OCH3 is 1. The van der Waals surface area contributed by atoms with Crippen LogP contribution >= 0.6 is 0 Å². The first kappa shape index (κ1) is 14.5. The van der Waals surface area contributed by atoms with E-state index >= 15 is 0 Å². The summed E-state index contributed by atoms with van der Waals surface area (Å²) in [6, 6.07) is 6.21. The Kier molecular flexibility index (Phi) is 3.43. The second-order valence-corrected chi connectivity index (χ2v) is 8.54. The van der Waals surface area contributed by atoms with Crippen LogP contribution in [0.25, 0.3) is 0 Å². The van der Waals surface area contributed by atoms with Crippen molar-refractivity contribution in [2.75, 3.05) is 19.5 Å². The maximum absolute atomic E-state index is 12.7.